The average molecular weight is 308 g/mol. The van der Waals surface area contributed by atoms with Gasteiger partial charge in [0, 0.05) is 12.1 Å². The normalized spacial score (nSPS) is 12.6. The summed E-state index contributed by atoms with van der Waals surface area (Å²) in [5, 5.41) is 11.6. The summed E-state index contributed by atoms with van der Waals surface area (Å²) in [6, 6.07) is 6.00. The van der Waals surface area contributed by atoms with Crippen LogP contribution in [0.3, 0.4) is 0 Å². The quantitative estimate of drug-likeness (QED) is 0.692. The maximum Gasteiger partial charge on any atom is 0.306 e. The van der Waals surface area contributed by atoms with E-state index in [1.54, 1.807) is 45.0 Å². The summed E-state index contributed by atoms with van der Waals surface area (Å²) in [6.45, 7) is 5.30. The molecule has 0 heterocycles. The summed E-state index contributed by atoms with van der Waals surface area (Å²) in [4.78, 5) is 23.5. The van der Waals surface area contributed by atoms with Gasteiger partial charge in [-0.05, 0) is 44.9 Å². The first-order chi connectivity index (χ1) is 10.2. The third-order valence-electron chi connectivity index (χ3n) is 2.82. The molecule has 0 aliphatic heterocycles. The van der Waals surface area contributed by atoms with E-state index in [0.717, 1.165) is 5.56 Å². The predicted octanol–water partition coefficient (Wildman–Crippen LogP) is 1.57. The number of hydrogen-bond donors (Lipinski definition) is 3. The average Bonchev–Trinajstić information content (AvgIpc) is 2.43. The van der Waals surface area contributed by atoms with Crippen molar-refractivity contribution in [2.45, 2.75) is 51.9 Å². The van der Waals surface area contributed by atoms with Gasteiger partial charge in [0.15, 0.2) is 0 Å². The minimum atomic E-state index is -0.787. The standard InChI is InChI=1S/C16H24N2O4/c1-16(2,3)22-14(20)9-8-13(17)15(21)18-12-6-4-11(10-19)5-7-12/h4-7,13,19H,8-10,17H2,1-3H3,(H,18,21)/t13-/m0/s1. The number of esters is 1. The Morgan fingerprint density at radius 1 is 1.27 bits per heavy atom. The lowest BCUT2D eigenvalue weighted by Crippen LogP contribution is -2.36. The van der Waals surface area contributed by atoms with Crippen LogP contribution in [0.4, 0.5) is 5.69 Å². The van der Waals surface area contributed by atoms with Gasteiger partial charge in [-0.25, -0.2) is 0 Å². The number of aliphatic hydroxyl groups excluding tert-OH is 1. The van der Waals surface area contributed by atoms with E-state index in [-0.39, 0.29) is 31.3 Å². The third-order valence-corrected chi connectivity index (χ3v) is 2.82. The van der Waals surface area contributed by atoms with Crippen LogP contribution in [0.5, 0.6) is 0 Å². The van der Waals surface area contributed by atoms with Gasteiger partial charge in [-0.1, -0.05) is 12.1 Å². The highest BCUT2D eigenvalue weighted by Gasteiger charge is 2.19. The molecule has 0 aliphatic rings. The molecular formula is C16H24N2O4. The van der Waals surface area contributed by atoms with Gasteiger partial charge in [0.25, 0.3) is 0 Å². The number of nitrogens with two attached hydrogens (primary N) is 1. The van der Waals surface area contributed by atoms with Crippen molar-refractivity contribution in [3.8, 4) is 0 Å². The SMILES string of the molecule is CC(C)(C)OC(=O)CC[C@H](N)C(=O)Nc1ccc(CO)cc1. The van der Waals surface area contributed by atoms with Gasteiger partial charge in [0.1, 0.15) is 5.60 Å². The van der Waals surface area contributed by atoms with Gasteiger partial charge < -0.3 is 20.9 Å². The number of ether oxygens (including phenoxy) is 1. The summed E-state index contributed by atoms with van der Waals surface area (Å²) >= 11 is 0. The summed E-state index contributed by atoms with van der Waals surface area (Å²) in [7, 11) is 0. The Labute approximate surface area is 130 Å². The Morgan fingerprint density at radius 3 is 2.36 bits per heavy atom. The number of carbonyl (C=O) groups excluding carboxylic acids is 2. The highest BCUT2D eigenvalue weighted by Crippen LogP contribution is 2.12. The second-order valence-corrected chi connectivity index (χ2v) is 6.08. The smallest absolute Gasteiger partial charge is 0.306 e. The van der Waals surface area contributed by atoms with Gasteiger partial charge in [-0.15, -0.1) is 0 Å². The van der Waals surface area contributed by atoms with Crippen molar-refractivity contribution >= 4 is 17.6 Å². The van der Waals surface area contributed by atoms with Gasteiger partial charge in [0.2, 0.25) is 5.91 Å². The zero-order valence-corrected chi connectivity index (χ0v) is 13.3. The lowest BCUT2D eigenvalue weighted by molar-refractivity contribution is -0.155. The van der Waals surface area contributed by atoms with Gasteiger partial charge in [0.05, 0.1) is 12.6 Å². The topological polar surface area (TPSA) is 102 Å². The molecule has 1 amide bonds. The summed E-state index contributed by atoms with van der Waals surface area (Å²) < 4.78 is 5.16. The van der Waals surface area contributed by atoms with E-state index in [2.05, 4.69) is 5.32 Å². The number of rotatable bonds is 6. The van der Waals surface area contributed by atoms with Crippen molar-refractivity contribution in [3.05, 3.63) is 29.8 Å². The molecule has 22 heavy (non-hydrogen) atoms. The fraction of sp³-hybridized carbons (Fsp3) is 0.500. The van der Waals surface area contributed by atoms with Gasteiger partial charge in [-0.2, -0.15) is 0 Å². The fourth-order valence-corrected chi connectivity index (χ4v) is 1.73. The molecule has 0 aromatic heterocycles. The molecule has 1 rings (SSSR count). The van der Waals surface area contributed by atoms with E-state index >= 15 is 0 Å². The minimum absolute atomic E-state index is 0.0520. The van der Waals surface area contributed by atoms with Gasteiger partial charge in [-0.3, -0.25) is 9.59 Å². The Morgan fingerprint density at radius 2 is 1.86 bits per heavy atom. The van der Waals surface area contributed by atoms with Crippen LogP contribution >= 0.6 is 0 Å². The molecule has 4 N–H and O–H groups in total. The largest absolute Gasteiger partial charge is 0.460 e. The van der Waals surface area contributed by atoms with Crippen molar-refractivity contribution in [2.24, 2.45) is 5.73 Å². The van der Waals surface area contributed by atoms with Crippen molar-refractivity contribution in [1.82, 2.24) is 0 Å². The van der Waals surface area contributed by atoms with Crippen LogP contribution in [0.1, 0.15) is 39.2 Å². The fourth-order valence-electron chi connectivity index (χ4n) is 1.73. The van der Waals surface area contributed by atoms with E-state index in [1.807, 2.05) is 0 Å². The Hall–Kier alpha value is -1.92. The van der Waals surface area contributed by atoms with Crippen LogP contribution in [0.15, 0.2) is 24.3 Å². The lowest BCUT2D eigenvalue weighted by Gasteiger charge is -2.20. The first-order valence-electron chi connectivity index (χ1n) is 7.19. The minimum Gasteiger partial charge on any atom is -0.460 e. The number of aliphatic hydroxyl groups is 1. The number of carbonyl (C=O) groups is 2. The molecule has 6 nitrogen and oxygen atoms in total. The predicted molar refractivity (Wildman–Crippen MR) is 84.0 cm³/mol. The zero-order chi connectivity index (χ0) is 16.8. The molecule has 1 aromatic rings. The van der Waals surface area contributed by atoms with Crippen LogP contribution < -0.4 is 11.1 Å². The van der Waals surface area contributed by atoms with E-state index in [1.165, 1.54) is 0 Å². The van der Waals surface area contributed by atoms with Gasteiger partial charge >= 0.3 is 5.97 Å². The molecular weight excluding hydrogens is 284 g/mol. The monoisotopic (exact) mass is 308 g/mol. The van der Waals surface area contributed by atoms with Crippen LogP contribution in [0.2, 0.25) is 0 Å². The van der Waals surface area contributed by atoms with Crippen molar-refractivity contribution in [1.29, 1.82) is 0 Å². The van der Waals surface area contributed by atoms with Crippen LogP contribution in [0.25, 0.3) is 0 Å². The number of benzene rings is 1. The van der Waals surface area contributed by atoms with Crippen LogP contribution in [-0.2, 0) is 20.9 Å². The molecule has 1 aromatic carbocycles. The van der Waals surface area contributed by atoms with Crippen LogP contribution in [-0.4, -0.2) is 28.6 Å². The molecule has 0 fully saturated rings. The maximum absolute atomic E-state index is 11.9. The molecule has 6 heteroatoms. The van der Waals surface area contributed by atoms with E-state index in [9.17, 15) is 9.59 Å². The molecule has 0 radical (unpaired) electrons. The van der Waals surface area contributed by atoms with Crippen molar-refractivity contribution in [3.63, 3.8) is 0 Å². The third kappa shape index (κ3) is 6.69. The number of amides is 1. The summed E-state index contributed by atoms with van der Waals surface area (Å²) in [6.07, 6.45) is 0.310. The van der Waals surface area contributed by atoms with E-state index < -0.39 is 11.6 Å². The number of nitrogens with one attached hydrogen (secondary N) is 1. The Bertz CT molecular complexity index is 506. The van der Waals surface area contributed by atoms with Crippen LogP contribution in [0, 0.1) is 0 Å². The summed E-state index contributed by atoms with van der Waals surface area (Å²) in [5.41, 5.74) is 6.58. The van der Waals surface area contributed by atoms with E-state index in [4.69, 9.17) is 15.6 Å². The highest BCUT2D eigenvalue weighted by atomic mass is 16.6. The zero-order valence-electron chi connectivity index (χ0n) is 13.3. The second-order valence-electron chi connectivity index (χ2n) is 6.08. The molecule has 0 unspecified atom stereocenters. The molecule has 122 valence electrons. The first kappa shape index (κ1) is 18.1. The molecule has 0 saturated heterocycles. The number of hydrogen-bond acceptors (Lipinski definition) is 5. The number of anilines is 1. The summed E-state index contributed by atoms with van der Waals surface area (Å²) in [5.74, 6) is -0.733. The highest BCUT2D eigenvalue weighted by molar-refractivity contribution is 5.94. The molecule has 1 atom stereocenters. The molecule has 0 aliphatic carbocycles. The molecule has 0 saturated carbocycles. The molecule has 0 bridgehead atoms. The maximum atomic E-state index is 11.9. The lowest BCUT2D eigenvalue weighted by atomic mass is 10.1. The van der Waals surface area contributed by atoms with Crippen molar-refractivity contribution in [2.75, 3.05) is 5.32 Å². The molecule has 0 spiro atoms. The second kappa shape index (κ2) is 7.91. The van der Waals surface area contributed by atoms with Crippen molar-refractivity contribution < 1.29 is 19.4 Å². The first-order valence-corrected chi connectivity index (χ1v) is 7.19. The Kier molecular flexibility index (Phi) is 6.52. The Balaban J connectivity index is 2.42. The van der Waals surface area contributed by atoms with E-state index in [0.29, 0.717) is 5.69 Å².